The summed E-state index contributed by atoms with van der Waals surface area (Å²) >= 11 is 0. The summed E-state index contributed by atoms with van der Waals surface area (Å²) in [4.78, 5) is 12.1. The Morgan fingerprint density at radius 1 is 1.26 bits per heavy atom. The summed E-state index contributed by atoms with van der Waals surface area (Å²) in [5, 5.41) is 14.5. The van der Waals surface area contributed by atoms with Crippen molar-refractivity contribution in [1.82, 2.24) is 5.43 Å². The first-order valence-electron chi connectivity index (χ1n) is 6.85. The van der Waals surface area contributed by atoms with E-state index in [-0.39, 0.29) is 17.1 Å². The third kappa shape index (κ3) is 2.91. The molecular weight excluding hydrogens is 299 g/mol. The maximum Gasteiger partial charge on any atom is 0.275 e. The van der Waals surface area contributed by atoms with E-state index in [4.69, 9.17) is 4.42 Å². The van der Waals surface area contributed by atoms with Gasteiger partial charge in [0, 0.05) is 0 Å². The standard InChI is InChI=1S/C17H13FN2O3/c1-10-9-23-14-7-6-13(16(21)15(10)14)17(22)20-19-8-11-2-4-12(18)5-3-11/h2-9,21H,1H3,(H,20,22). The van der Waals surface area contributed by atoms with Crippen LogP contribution in [0.3, 0.4) is 0 Å². The Hall–Kier alpha value is -3.15. The molecule has 116 valence electrons. The van der Waals surface area contributed by atoms with Gasteiger partial charge in [-0.05, 0) is 42.3 Å². The Morgan fingerprint density at radius 3 is 2.74 bits per heavy atom. The summed E-state index contributed by atoms with van der Waals surface area (Å²) < 4.78 is 18.0. The number of carbonyl (C=O) groups is 1. The van der Waals surface area contributed by atoms with Gasteiger partial charge in [-0.25, -0.2) is 9.82 Å². The van der Waals surface area contributed by atoms with Gasteiger partial charge < -0.3 is 9.52 Å². The number of phenols is 1. The van der Waals surface area contributed by atoms with Gasteiger partial charge in [0.1, 0.15) is 17.1 Å². The number of furan rings is 1. The molecule has 0 spiro atoms. The van der Waals surface area contributed by atoms with Gasteiger partial charge in [-0.1, -0.05) is 12.1 Å². The van der Waals surface area contributed by atoms with Crippen LogP contribution in [0.5, 0.6) is 5.75 Å². The number of hydrazone groups is 1. The predicted octanol–water partition coefficient (Wildman–Crippen LogP) is 3.35. The minimum Gasteiger partial charge on any atom is -0.506 e. The molecule has 3 rings (SSSR count). The third-order valence-corrected chi connectivity index (χ3v) is 3.39. The van der Waals surface area contributed by atoms with Crippen LogP contribution in [-0.2, 0) is 0 Å². The van der Waals surface area contributed by atoms with Crippen molar-refractivity contribution in [3.63, 3.8) is 0 Å². The van der Waals surface area contributed by atoms with Gasteiger partial charge in [0.15, 0.2) is 0 Å². The summed E-state index contributed by atoms with van der Waals surface area (Å²) in [5.41, 5.74) is 4.30. The molecule has 1 amide bonds. The number of aryl methyl sites for hydroxylation is 1. The molecule has 6 heteroatoms. The van der Waals surface area contributed by atoms with Crippen molar-refractivity contribution in [2.24, 2.45) is 5.10 Å². The van der Waals surface area contributed by atoms with Crippen molar-refractivity contribution >= 4 is 23.1 Å². The van der Waals surface area contributed by atoms with Crippen LogP contribution in [0.1, 0.15) is 21.5 Å². The molecule has 2 N–H and O–H groups in total. The number of hydrogen-bond acceptors (Lipinski definition) is 4. The number of nitrogens with one attached hydrogen (secondary N) is 1. The first-order chi connectivity index (χ1) is 11.1. The second-order valence-corrected chi connectivity index (χ2v) is 5.00. The second-order valence-electron chi connectivity index (χ2n) is 5.00. The lowest BCUT2D eigenvalue weighted by atomic mass is 10.1. The van der Waals surface area contributed by atoms with E-state index in [1.807, 2.05) is 0 Å². The molecular formula is C17H13FN2O3. The van der Waals surface area contributed by atoms with Gasteiger partial charge in [0.25, 0.3) is 5.91 Å². The van der Waals surface area contributed by atoms with Gasteiger partial charge in [0.05, 0.1) is 23.4 Å². The van der Waals surface area contributed by atoms with E-state index >= 15 is 0 Å². The van der Waals surface area contributed by atoms with Crippen molar-refractivity contribution in [1.29, 1.82) is 0 Å². The number of nitrogens with zero attached hydrogens (tertiary/aromatic N) is 1. The Bertz CT molecular complexity index is 898. The molecule has 1 aromatic heterocycles. The minimum atomic E-state index is -0.552. The summed E-state index contributed by atoms with van der Waals surface area (Å²) in [5.74, 6) is -1.05. The molecule has 5 nitrogen and oxygen atoms in total. The molecule has 0 aliphatic carbocycles. The van der Waals surface area contributed by atoms with E-state index < -0.39 is 5.91 Å². The van der Waals surface area contributed by atoms with Crippen LogP contribution < -0.4 is 5.43 Å². The van der Waals surface area contributed by atoms with Gasteiger partial charge in [-0.15, -0.1) is 0 Å². The molecule has 0 aliphatic heterocycles. The molecule has 23 heavy (non-hydrogen) atoms. The molecule has 3 aromatic rings. The van der Waals surface area contributed by atoms with Crippen LogP contribution in [0, 0.1) is 12.7 Å². The Kier molecular flexibility index (Phi) is 3.80. The lowest BCUT2D eigenvalue weighted by Crippen LogP contribution is -2.17. The highest BCUT2D eigenvalue weighted by Crippen LogP contribution is 2.32. The summed E-state index contributed by atoms with van der Waals surface area (Å²) in [6, 6.07) is 8.73. The molecule has 0 bridgehead atoms. The molecule has 0 atom stereocenters. The number of benzene rings is 2. The molecule has 0 unspecified atom stereocenters. The maximum absolute atomic E-state index is 12.8. The number of carbonyl (C=O) groups excluding carboxylic acids is 1. The quantitative estimate of drug-likeness (QED) is 0.575. The van der Waals surface area contributed by atoms with E-state index in [9.17, 15) is 14.3 Å². The summed E-state index contributed by atoms with van der Waals surface area (Å²) in [7, 11) is 0. The predicted molar refractivity (Wildman–Crippen MR) is 84.1 cm³/mol. The van der Waals surface area contributed by atoms with Crippen LogP contribution in [0.4, 0.5) is 4.39 Å². The third-order valence-electron chi connectivity index (χ3n) is 3.39. The molecule has 0 aliphatic rings. The lowest BCUT2D eigenvalue weighted by Gasteiger charge is -2.04. The minimum absolute atomic E-state index is 0.0956. The van der Waals surface area contributed by atoms with E-state index in [0.29, 0.717) is 16.5 Å². The monoisotopic (exact) mass is 312 g/mol. The first kappa shape index (κ1) is 14.8. The van der Waals surface area contributed by atoms with E-state index in [2.05, 4.69) is 10.5 Å². The topological polar surface area (TPSA) is 74.8 Å². The van der Waals surface area contributed by atoms with E-state index in [1.165, 1.54) is 42.8 Å². The molecule has 0 radical (unpaired) electrons. The maximum atomic E-state index is 12.8. The first-order valence-corrected chi connectivity index (χ1v) is 6.85. The largest absolute Gasteiger partial charge is 0.506 e. The number of fused-ring (bicyclic) bond motifs is 1. The summed E-state index contributed by atoms with van der Waals surface area (Å²) in [6.45, 7) is 1.78. The van der Waals surface area contributed by atoms with Gasteiger partial charge in [-0.3, -0.25) is 4.79 Å². The zero-order chi connectivity index (χ0) is 16.4. The van der Waals surface area contributed by atoms with Crippen molar-refractivity contribution in [3.8, 4) is 5.75 Å². The summed E-state index contributed by atoms with van der Waals surface area (Å²) in [6.07, 6.45) is 2.90. The Balaban J connectivity index is 1.79. The van der Waals surface area contributed by atoms with Crippen LogP contribution in [0.15, 0.2) is 52.2 Å². The van der Waals surface area contributed by atoms with Crippen LogP contribution >= 0.6 is 0 Å². The van der Waals surface area contributed by atoms with Gasteiger partial charge in [-0.2, -0.15) is 5.10 Å². The molecule has 0 fully saturated rings. The fraction of sp³-hybridized carbons (Fsp3) is 0.0588. The van der Waals surface area contributed by atoms with Crippen molar-refractivity contribution in [2.45, 2.75) is 6.92 Å². The SMILES string of the molecule is Cc1coc2ccc(C(=O)NN=Cc3ccc(F)cc3)c(O)c12. The number of rotatable bonds is 3. The average molecular weight is 312 g/mol. The van der Waals surface area contributed by atoms with Crippen LogP contribution in [-0.4, -0.2) is 17.2 Å². The van der Waals surface area contributed by atoms with Crippen LogP contribution in [0.2, 0.25) is 0 Å². The van der Waals surface area contributed by atoms with Crippen molar-refractivity contribution in [2.75, 3.05) is 0 Å². The Morgan fingerprint density at radius 2 is 2.00 bits per heavy atom. The zero-order valence-electron chi connectivity index (χ0n) is 12.2. The molecule has 0 saturated carbocycles. The zero-order valence-corrected chi connectivity index (χ0v) is 12.2. The van der Waals surface area contributed by atoms with Crippen molar-refractivity contribution < 1.29 is 18.7 Å². The smallest absolute Gasteiger partial charge is 0.275 e. The normalized spacial score (nSPS) is 11.2. The molecule has 2 aromatic carbocycles. The highest BCUT2D eigenvalue weighted by atomic mass is 19.1. The van der Waals surface area contributed by atoms with Crippen molar-refractivity contribution in [3.05, 3.63) is 65.2 Å². The van der Waals surface area contributed by atoms with E-state index in [0.717, 1.165) is 5.56 Å². The van der Waals surface area contributed by atoms with E-state index in [1.54, 1.807) is 13.0 Å². The highest BCUT2D eigenvalue weighted by molar-refractivity contribution is 6.03. The van der Waals surface area contributed by atoms with Gasteiger partial charge >= 0.3 is 0 Å². The number of halogens is 1. The number of phenolic OH excluding ortho intramolecular Hbond substituents is 1. The highest BCUT2D eigenvalue weighted by Gasteiger charge is 2.16. The molecule has 1 heterocycles. The molecule has 0 saturated heterocycles. The fourth-order valence-electron chi connectivity index (χ4n) is 2.22. The second kappa shape index (κ2) is 5.92. The van der Waals surface area contributed by atoms with Gasteiger partial charge in [0.2, 0.25) is 0 Å². The van der Waals surface area contributed by atoms with Crippen LogP contribution in [0.25, 0.3) is 11.0 Å². The average Bonchev–Trinajstić information content (AvgIpc) is 2.91. The number of hydrogen-bond donors (Lipinski definition) is 2. The fourth-order valence-corrected chi connectivity index (χ4v) is 2.22. The Labute approximate surface area is 131 Å². The number of amides is 1. The number of aromatic hydroxyl groups is 1. The lowest BCUT2D eigenvalue weighted by molar-refractivity contribution is 0.0952.